The fourth-order valence-corrected chi connectivity index (χ4v) is 2.50. The van der Waals surface area contributed by atoms with Crippen molar-refractivity contribution < 1.29 is 18.3 Å². The molecule has 1 aromatic rings. The van der Waals surface area contributed by atoms with E-state index in [-0.39, 0.29) is 6.04 Å². The maximum Gasteiger partial charge on any atom is 0.405 e. The average Bonchev–Trinajstić information content (AvgIpc) is 2.23. The van der Waals surface area contributed by atoms with Crippen LogP contribution >= 0.6 is 15.9 Å². The van der Waals surface area contributed by atoms with E-state index < -0.39 is 18.8 Å². The van der Waals surface area contributed by atoms with Gasteiger partial charge in [0.15, 0.2) is 0 Å². The minimum absolute atomic E-state index is 0.272. The Labute approximate surface area is 119 Å². The van der Waals surface area contributed by atoms with Gasteiger partial charge >= 0.3 is 6.18 Å². The van der Waals surface area contributed by atoms with Crippen LogP contribution in [0.4, 0.5) is 18.9 Å². The zero-order valence-corrected chi connectivity index (χ0v) is 12.6. The highest BCUT2D eigenvalue weighted by molar-refractivity contribution is 9.10. The quantitative estimate of drug-likeness (QED) is 0.884. The molecule has 0 aliphatic rings. The van der Waals surface area contributed by atoms with Crippen molar-refractivity contribution in [2.45, 2.75) is 39.1 Å². The van der Waals surface area contributed by atoms with Crippen molar-refractivity contribution in [3.05, 3.63) is 28.2 Å². The van der Waals surface area contributed by atoms with Crippen LogP contribution in [0.2, 0.25) is 0 Å². The summed E-state index contributed by atoms with van der Waals surface area (Å²) >= 11 is 3.28. The number of halogens is 4. The maximum atomic E-state index is 12.6. The lowest BCUT2D eigenvalue weighted by atomic mass is 10.1. The van der Waals surface area contributed by atoms with Gasteiger partial charge in [-0.2, -0.15) is 13.2 Å². The van der Waals surface area contributed by atoms with Gasteiger partial charge in [-0.3, -0.25) is 0 Å². The first-order valence-corrected chi connectivity index (χ1v) is 6.72. The molecule has 6 heteroatoms. The Morgan fingerprint density at radius 3 is 2.21 bits per heavy atom. The van der Waals surface area contributed by atoms with E-state index in [1.807, 2.05) is 0 Å². The summed E-state index contributed by atoms with van der Waals surface area (Å²) in [4.78, 5) is 1.27. The van der Waals surface area contributed by atoms with Crippen LogP contribution in [0.5, 0.6) is 0 Å². The molecule has 0 aromatic heterocycles. The Bertz CT molecular complexity index is 432. The highest BCUT2D eigenvalue weighted by Gasteiger charge is 2.32. The molecular weight excluding hydrogens is 323 g/mol. The Balaban J connectivity index is 3.08. The number of alkyl halides is 3. The van der Waals surface area contributed by atoms with Gasteiger partial charge < -0.3 is 10.0 Å². The molecule has 1 atom stereocenters. The van der Waals surface area contributed by atoms with Crippen molar-refractivity contribution in [1.82, 2.24) is 0 Å². The molecule has 1 rings (SSSR count). The summed E-state index contributed by atoms with van der Waals surface area (Å²) in [6.07, 6.45) is -4.92. The standard InChI is InChI=1S/C13H17BrF3NO/c1-8(2)18(7-13(15,16)17)10-4-5-11(9(3)19)12(14)6-10/h4-6,8-9,19H,7H2,1-3H3. The molecule has 0 radical (unpaired) electrons. The second kappa shape index (κ2) is 6.13. The molecule has 1 aromatic carbocycles. The maximum absolute atomic E-state index is 12.6. The lowest BCUT2D eigenvalue weighted by Crippen LogP contribution is -2.39. The van der Waals surface area contributed by atoms with E-state index in [0.29, 0.717) is 15.7 Å². The topological polar surface area (TPSA) is 23.5 Å². The minimum atomic E-state index is -4.25. The highest BCUT2D eigenvalue weighted by atomic mass is 79.9. The largest absolute Gasteiger partial charge is 0.405 e. The Kier molecular flexibility index (Phi) is 5.26. The van der Waals surface area contributed by atoms with E-state index in [1.54, 1.807) is 39.0 Å². The van der Waals surface area contributed by atoms with Crippen LogP contribution in [0.25, 0.3) is 0 Å². The van der Waals surface area contributed by atoms with Gasteiger partial charge in [-0.25, -0.2) is 0 Å². The predicted octanol–water partition coefficient (Wildman–Crippen LogP) is 4.28. The third-order valence-electron chi connectivity index (χ3n) is 2.74. The lowest BCUT2D eigenvalue weighted by molar-refractivity contribution is -0.120. The molecule has 0 fully saturated rings. The van der Waals surface area contributed by atoms with Gasteiger partial charge in [0.2, 0.25) is 0 Å². The molecule has 0 aliphatic carbocycles. The van der Waals surface area contributed by atoms with Crippen LogP contribution in [0.3, 0.4) is 0 Å². The van der Waals surface area contributed by atoms with Crippen molar-refractivity contribution in [3.8, 4) is 0 Å². The normalized spacial score (nSPS) is 13.7. The molecule has 2 nitrogen and oxygen atoms in total. The molecule has 0 bridgehead atoms. The first kappa shape index (κ1) is 16.3. The number of aliphatic hydroxyl groups excluding tert-OH is 1. The number of rotatable bonds is 4. The second-order valence-corrected chi connectivity index (χ2v) is 5.57. The summed E-state index contributed by atoms with van der Waals surface area (Å²) in [6.45, 7) is 4.03. The molecule has 1 unspecified atom stereocenters. The summed E-state index contributed by atoms with van der Waals surface area (Å²) in [5.41, 5.74) is 1.13. The number of anilines is 1. The molecular formula is C13H17BrF3NO. The van der Waals surface area contributed by atoms with E-state index in [4.69, 9.17) is 0 Å². The number of aliphatic hydroxyl groups is 1. The van der Waals surface area contributed by atoms with E-state index in [2.05, 4.69) is 15.9 Å². The van der Waals surface area contributed by atoms with Crippen LogP contribution in [0.15, 0.2) is 22.7 Å². The van der Waals surface area contributed by atoms with E-state index in [9.17, 15) is 18.3 Å². The first-order chi connectivity index (χ1) is 8.61. The van der Waals surface area contributed by atoms with Crippen LogP contribution in [-0.2, 0) is 0 Å². The summed E-state index contributed by atoms with van der Waals surface area (Å²) in [6, 6.07) is 4.56. The number of nitrogens with zero attached hydrogens (tertiary/aromatic N) is 1. The van der Waals surface area contributed by atoms with Crippen LogP contribution in [0, 0.1) is 0 Å². The fraction of sp³-hybridized carbons (Fsp3) is 0.538. The summed E-state index contributed by atoms with van der Waals surface area (Å²) in [5, 5.41) is 9.51. The fourth-order valence-electron chi connectivity index (χ4n) is 1.80. The van der Waals surface area contributed by atoms with Crippen molar-refractivity contribution >= 4 is 21.6 Å². The predicted molar refractivity (Wildman–Crippen MR) is 73.3 cm³/mol. The average molecular weight is 340 g/mol. The number of hydrogen-bond donors (Lipinski definition) is 1. The lowest BCUT2D eigenvalue weighted by Gasteiger charge is -2.30. The minimum Gasteiger partial charge on any atom is -0.389 e. The summed E-state index contributed by atoms with van der Waals surface area (Å²) in [5.74, 6) is 0. The Morgan fingerprint density at radius 1 is 1.26 bits per heavy atom. The zero-order valence-electron chi connectivity index (χ0n) is 11.0. The van der Waals surface area contributed by atoms with Crippen molar-refractivity contribution in [2.75, 3.05) is 11.4 Å². The first-order valence-electron chi connectivity index (χ1n) is 5.92. The van der Waals surface area contributed by atoms with Crippen molar-refractivity contribution in [3.63, 3.8) is 0 Å². The third kappa shape index (κ3) is 4.69. The van der Waals surface area contributed by atoms with Gasteiger partial charge in [-0.15, -0.1) is 0 Å². The van der Waals surface area contributed by atoms with Gasteiger partial charge in [-0.05, 0) is 38.5 Å². The second-order valence-electron chi connectivity index (χ2n) is 4.72. The van der Waals surface area contributed by atoms with E-state index in [0.717, 1.165) is 0 Å². The molecule has 0 spiro atoms. The van der Waals surface area contributed by atoms with Crippen LogP contribution in [0.1, 0.15) is 32.4 Å². The monoisotopic (exact) mass is 339 g/mol. The van der Waals surface area contributed by atoms with Gasteiger partial charge in [-0.1, -0.05) is 22.0 Å². The molecule has 0 heterocycles. The molecule has 0 saturated carbocycles. The van der Waals surface area contributed by atoms with Gasteiger partial charge in [0.1, 0.15) is 6.54 Å². The van der Waals surface area contributed by atoms with Gasteiger partial charge in [0, 0.05) is 16.2 Å². The number of hydrogen-bond acceptors (Lipinski definition) is 2. The smallest absolute Gasteiger partial charge is 0.389 e. The molecule has 0 amide bonds. The zero-order chi connectivity index (χ0) is 14.8. The van der Waals surface area contributed by atoms with Gasteiger partial charge in [0.25, 0.3) is 0 Å². The van der Waals surface area contributed by atoms with Crippen molar-refractivity contribution in [2.24, 2.45) is 0 Å². The Hall–Kier alpha value is -0.750. The van der Waals surface area contributed by atoms with Crippen molar-refractivity contribution in [1.29, 1.82) is 0 Å². The highest BCUT2D eigenvalue weighted by Crippen LogP contribution is 2.30. The Morgan fingerprint density at radius 2 is 1.84 bits per heavy atom. The van der Waals surface area contributed by atoms with E-state index >= 15 is 0 Å². The molecule has 19 heavy (non-hydrogen) atoms. The molecule has 1 N–H and O–H groups in total. The molecule has 0 saturated heterocycles. The third-order valence-corrected chi connectivity index (χ3v) is 3.43. The van der Waals surface area contributed by atoms with Gasteiger partial charge in [0.05, 0.1) is 6.10 Å². The van der Waals surface area contributed by atoms with Crippen LogP contribution in [-0.4, -0.2) is 23.9 Å². The SMILES string of the molecule is CC(O)c1ccc(N(CC(F)(F)F)C(C)C)cc1Br. The van der Waals surface area contributed by atoms with Crippen LogP contribution < -0.4 is 4.90 Å². The molecule has 0 aliphatic heterocycles. The van der Waals surface area contributed by atoms with E-state index in [1.165, 1.54) is 4.90 Å². The molecule has 108 valence electrons. The summed E-state index contributed by atoms with van der Waals surface area (Å²) < 4.78 is 38.3. The number of benzene rings is 1. The summed E-state index contributed by atoms with van der Waals surface area (Å²) in [7, 11) is 0.